The highest BCUT2D eigenvalue weighted by Crippen LogP contribution is 2.23. The Morgan fingerprint density at radius 3 is 2.52 bits per heavy atom. The third-order valence-electron chi connectivity index (χ3n) is 3.49. The van der Waals surface area contributed by atoms with Crippen LogP contribution in [0.15, 0.2) is 54.6 Å². The Balaban J connectivity index is 1.92. The maximum atomic E-state index is 12.2. The van der Waals surface area contributed by atoms with Crippen LogP contribution in [0.3, 0.4) is 0 Å². The van der Waals surface area contributed by atoms with Gasteiger partial charge in [-0.15, -0.1) is 0 Å². The molecule has 0 saturated carbocycles. The molecule has 2 nitrogen and oxygen atoms in total. The standard InChI is InChI=1S/C19H13Cl2NO/c1-12-2-8-17-15(10-12)11-14(19(21)22-17)5-9-18(23)13-3-6-16(20)7-4-13/h2-11H,1H3. The van der Waals surface area contributed by atoms with E-state index < -0.39 is 0 Å². The van der Waals surface area contributed by atoms with E-state index in [2.05, 4.69) is 4.98 Å². The lowest BCUT2D eigenvalue weighted by Gasteiger charge is -2.03. The molecule has 0 radical (unpaired) electrons. The third-order valence-corrected chi connectivity index (χ3v) is 4.05. The number of aryl methyl sites for hydroxylation is 1. The fourth-order valence-electron chi connectivity index (χ4n) is 2.28. The zero-order valence-corrected chi connectivity index (χ0v) is 13.9. The zero-order chi connectivity index (χ0) is 16.4. The van der Waals surface area contributed by atoms with Crippen LogP contribution in [-0.2, 0) is 0 Å². The molecule has 1 heterocycles. The van der Waals surface area contributed by atoms with Crippen molar-refractivity contribution in [3.05, 3.63) is 81.5 Å². The normalized spacial score (nSPS) is 11.3. The van der Waals surface area contributed by atoms with Crippen molar-refractivity contribution in [3.8, 4) is 0 Å². The average Bonchev–Trinajstić information content (AvgIpc) is 2.53. The highest BCUT2D eigenvalue weighted by molar-refractivity contribution is 6.31. The number of carbonyl (C=O) groups is 1. The van der Waals surface area contributed by atoms with E-state index in [1.807, 2.05) is 31.2 Å². The van der Waals surface area contributed by atoms with Crippen LogP contribution in [0.4, 0.5) is 0 Å². The Hall–Kier alpha value is -2.16. The average molecular weight is 342 g/mol. The van der Waals surface area contributed by atoms with E-state index in [9.17, 15) is 4.79 Å². The fourth-order valence-corrected chi connectivity index (χ4v) is 2.62. The molecule has 114 valence electrons. The van der Waals surface area contributed by atoms with Crippen molar-refractivity contribution in [1.29, 1.82) is 0 Å². The Morgan fingerprint density at radius 2 is 1.78 bits per heavy atom. The Bertz CT molecular complexity index is 915. The number of allylic oxidation sites excluding steroid dienone is 1. The first-order valence-corrected chi connectivity index (χ1v) is 7.83. The molecule has 0 unspecified atom stereocenters. The molecule has 0 N–H and O–H groups in total. The number of rotatable bonds is 3. The second-order valence-electron chi connectivity index (χ2n) is 5.27. The number of nitrogens with zero attached hydrogens (tertiary/aromatic N) is 1. The van der Waals surface area contributed by atoms with Crippen molar-refractivity contribution in [2.75, 3.05) is 0 Å². The van der Waals surface area contributed by atoms with Crippen LogP contribution < -0.4 is 0 Å². The van der Waals surface area contributed by atoms with Crippen LogP contribution in [0.5, 0.6) is 0 Å². The Morgan fingerprint density at radius 1 is 1.04 bits per heavy atom. The number of halogens is 2. The predicted molar refractivity (Wildman–Crippen MR) is 96.3 cm³/mol. The first-order valence-electron chi connectivity index (χ1n) is 7.08. The van der Waals surface area contributed by atoms with Gasteiger partial charge in [0.25, 0.3) is 0 Å². The van der Waals surface area contributed by atoms with Crippen LogP contribution in [-0.4, -0.2) is 10.8 Å². The number of pyridine rings is 1. The van der Waals surface area contributed by atoms with Gasteiger partial charge in [-0.1, -0.05) is 34.8 Å². The molecule has 0 atom stereocenters. The molecule has 0 amide bonds. The molecule has 0 spiro atoms. The number of hydrogen-bond acceptors (Lipinski definition) is 2. The molecule has 2 aromatic carbocycles. The van der Waals surface area contributed by atoms with Gasteiger partial charge < -0.3 is 0 Å². The van der Waals surface area contributed by atoms with Crippen molar-refractivity contribution in [2.45, 2.75) is 6.92 Å². The van der Waals surface area contributed by atoms with Gasteiger partial charge in [0.1, 0.15) is 5.15 Å². The maximum absolute atomic E-state index is 12.2. The van der Waals surface area contributed by atoms with Gasteiger partial charge in [-0.05, 0) is 61.5 Å². The minimum absolute atomic E-state index is 0.109. The number of ketones is 1. The van der Waals surface area contributed by atoms with Crippen molar-refractivity contribution in [2.24, 2.45) is 0 Å². The molecule has 23 heavy (non-hydrogen) atoms. The summed E-state index contributed by atoms with van der Waals surface area (Å²) in [5.41, 5.74) is 3.27. The smallest absolute Gasteiger partial charge is 0.185 e. The van der Waals surface area contributed by atoms with E-state index in [1.165, 1.54) is 6.08 Å². The summed E-state index contributed by atoms with van der Waals surface area (Å²) in [5.74, 6) is -0.109. The maximum Gasteiger partial charge on any atom is 0.185 e. The summed E-state index contributed by atoms with van der Waals surface area (Å²) in [6, 6.07) is 14.7. The molecule has 3 aromatic rings. The molecule has 0 saturated heterocycles. The summed E-state index contributed by atoms with van der Waals surface area (Å²) in [5, 5.41) is 1.97. The highest BCUT2D eigenvalue weighted by atomic mass is 35.5. The van der Waals surface area contributed by atoms with Crippen LogP contribution in [0.25, 0.3) is 17.0 Å². The van der Waals surface area contributed by atoms with Gasteiger partial charge in [-0.2, -0.15) is 0 Å². The molecule has 1 aromatic heterocycles. The molecule has 3 rings (SSSR count). The second-order valence-corrected chi connectivity index (χ2v) is 6.06. The van der Waals surface area contributed by atoms with Gasteiger partial charge in [-0.3, -0.25) is 4.79 Å². The molecule has 0 aliphatic rings. The first kappa shape index (κ1) is 15.7. The van der Waals surface area contributed by atoms with Gasteiger partial charge >= 0.3 is 0 Å². The Kier molecular flexibility index (Phi) is 4.46. The van der Waals surface area contributed by atoms with Crippen LogP contribution >= 0.6 is 23.2 Å². The van der Waals surface area contributed by atoms with E-state index in [-0.39, 0.29) is 5.78 Å². The van der Waals surface area contributed by atoms with Crippen LogP contribution in [0, 0.1) is 6.92 Å². The quantitative estimate of drug-likeness (QED) is 0.345. The SMILES string of the molecule is Cc1ccc2nc(Cl)c(C=CC(=O)c3ccc(Cl)cc3)cc2c1. The number of aromatic nitrogens is 1. The molecule has 0 fully saturated rings. The van der Waals surface area contributed by atoms with Crippen molar-refractivity contribution >= 4 is 46.0 Å². The topological polar surface area (TPSA) is 30.0 Å². The number of benzene rings is 2. The lowest BCUT2D eigenvalue weighted by Crippen LogP contribution is -1.93. The minimum Gasteiger partial charge on any atom is -0.289 e. The minimum atomic E-state index is -0.109. The van der Waals surface area contributed by atoms with Gasteiger partial charge in [0.15, 0.2) is 5.78 Å². The van der Waals surface area contributed by atoms with E-state index in [0.717, 1.165) is 16.5 Å². The van der Waals surface area contributed by atoms with E-state index >= 15 is 0 Å². The second kappa shape index (κ2) is 6.53. The summed E-state index contributed by atoms with van der Waals surface area (Å²) >= 11 is 12.0. The van der Waals surface area contributed by atoms with Gasteiger partial charge in [0.2, 0.25) is 0 Å². The molecular formula is C19H13Cl2NO. The summed E-state index contributed by atoms with van der Waals surface area (Å²) < 4.78 is 0. The van der Waals surface area contributed by atoms with Crippen molar-refractivity contribution in [1.82, 2.24) is 4.98 Å². The third kappa shape index (κ3) is 3.61. The Labute approximate surface area is 144 Å². The van der Waals surface area contributed by atoms with Crippen LogP contribution in [0.1, 0.15) is 21.5 Å². The monoisotopic (exact) mass is 341 g/mol. The van der Waals surface area contributed by atoms with E-state index in [0.29, 0.717) is 21.3 Å². The summed E-state index contributed by atoms with van der Waals surface area (Å²) in [7, 11) is 0. The fraction of sp³-hybridized carbons (Fsp3) is 0.0526. The highest BCUT2D eigenvalue weighted by Gasteiger charge is 2.05. The summed E-state index contributed by atoms with van der Waals surface area (Å²) in [6.45, 7) is 2.02. The van der Waals surface area contributed by atoms with Crippen molar-refractivity contribution in [3.63, 3.8) is 0 Å². The van der Waals surface area contributed by atoms with E-state index in [1.54, 1.807) is 30.3 Å². The van der Waals surface area contributed by atoms with Crippen molar-refractivity contribution < 1.29 is 4.79 Å². The number of hydrogen-bond donors (Lipinski definition) is 0. The molecule has 0 bridgehead atoms. The first-order chi connectivity index (χ1) is 11.0. The molecule has 0 aliphatic carbocycles. The summed E-state index contributed by atoms with van der Waals surface area (Å²) in [4.78, 5) is 16.5. The predicted octanol–water partition coefficient (Wildman–Crippen LogP) is 5.75. The zero-order valence-electron chi connectivity index (χ0n) is 12.4. The molecular weight excluding hydrogens is 329 g/mol. The number of carbonyl (C=O) groups excluding carboxylic acids is 1. The van der Waals surface area contributed by atoms with E-state index in [4.69, 9.17) is 23.2 Å². The summed E-state index contributed by atoms with van der Waals surface area (Å²) in [6.07, 6.45) is 3.18. The lowest BCUT2D eigenvalue weighted by atomic mass is 10.1. The largest absolute Gasteiger partial charge is 0.289 e. The number of fused-ring (bicyclic) bond motifs is 1. The van der Waals surface area contributed by atoms with Gasteiger partial charge in [0, 0.05) is 21.5 Å². The molecule has 0 aliphatic heterocycles. The van der Waals surface area contributed by atoms with Gasteiger partial charge in [0.05, 0.1) is 5.52 Å². The lowest BCUT2D eigenvalue weighted by molar-refractivity contribution is 0.104. The van der Waals surface area contributed by atoms with Crippen LogP contribution in [0.2, 0.25) is 10.2 Å². The van der Waals surface area contributed by atoms with Gasteiger partial charge in [-0.25, -0.2) is 4.98 Å². The molecule has 4 heteroatoms.